The Morgan fingerprint density at radius 3 is 2.38 bits per heavy atom. The number of methoxy groups -OCH3 is 1. The lowest BCUT2D eigenvalue weighted by atomic mass is 9.79. The first-order valence-corrected chi connectivity index (χ1v) is 7.05. The third-order valence-corrected chi connectivity index (χ3v) is 3.76. The minimum absolute atomic E-state index is 0.168. The molecule has 0 aliphatic carbocycles. The Hall–Kier alpha value is -1.24. The second-order valence-corrected chi connectivity index (χ2v) is 6.55. The minimum Gasteiger partial charge on any atom is -0.497 e. The van der Waals surface area contributed by atoms with Crippen LogP contribution in [0.1, 0.15) is 34.1 Å². The molecule has 1 aromatic rings. The van der Waals surface area contributed by atoms with Crippen LogP contribution in [-0.4, -0.2) is 41.6 Å². The van der Waals surface area contributed by atoms with Crippen molar-refractivity contribution >= 4 is 12.6 Å². The van der Waals surface area contributed by atoms with Gasteiger partial charge in [0.05, 0.1) is 12.7 Å². The Kier molecular flexibility index (Phi) is 4.24. The van der Waals surface area contributed by atoms with Crippen molar-refractivity contribution < 1.29 is 24.3 Å². The van der Waals surface area contributed by atoms with Crippen LogP contribution in [0.15, 0.2) is 18.2 Å². The maximum Gasteiger partial charge on any atom is 0.492 e. The van der Waals surface area contributed by atoms with Crippen LogP contribution in [-0.2, 0) is 4.74 Å². The molecule has 116 valence electrons. The number of ether oxygens (including phenoxy) is 3. The number of hydrogen-bond donors (Lipinski definition) is 2. The maximum atomic E-state index is 9.52. The lowest BCUT2D eigenvalue weighted by Gasteiger charge is -2.28. The summed E-state index contributed by atoms with van der Waals surface area (Å²) in [6.45, 7) is 8.00. The molecule has 1 saturated heterocycles. The van der Waals surface area contributed by atoms with Gasteiger partial charge < -0.3 is 24.3 Å². The van der Waals surface area contributed by atoms with Crippen LogP contribution < -0.4 is 14.9 Å². The zero-order chi connectivity index (χ0) is 15.8. The molecule has 21 heavy (non-hydrogen) atoms. The van der Waals surface area contributed by atoms with Crippen molar-refractivity contribution in [2.75, 3.05) is 7.11 Å². The van der Waals surface area contributed by atoms with Crippen LogP contribution in [0.25, 0.3) is 0 Å². The molecular weight excluding hydrogens is 271 g/mol. The van der Waals surface area contributed by atoms with Crippen LogP contribution in [0, 0.1) is 0 Å². The van der Waals surface area contributed by atoms with Crippen LogP contribution in [0.2, 0.25) is 0 Å². The van der Waals surface area contributed by atoms with Crippen molar-refractivity contribution in [1.29, 1.82) is 0 Å². The average Bonchev–Trinajstić information content (AvgIpc) is 2.57. The van der Waals surface area contributed by atoms with Gasteiger partial charge in [0.15, 0.2) is 0 Å². The summed E-state index contributed by atoms with van der Waals surface area (Å²) in [6.07, 6.45) is 0.561. The summed E-state index contributed by atoms with van der Waals surface area (Å²) in [7, 11) is -0.0895. The van der Waals surface area contributed by atoms with Crippen molar-refractivity contribution in [2.45, 2.75) is 51.4 Å². The Morgan fingerprint density at radius 1 is 1.24 bits per heavy atom. The summed E-state index contributed by atoms with van der Waals surface area (Å²) in [6, 6.07) is 4.98. The second kappa shape index (κ2) is 5.52. The molecule has 1 aliphatic rings. The Morgan fingerprint density at radius 2 is 1.90 bits per heavy atom. The van der Waals surface area contributed by atoms with Crippen molar-refractivity contribution in [3.05, 3.63) is 18.2 Å². The average molecular weight is 294 g/mol. The SMILES string of the molecule is COc1ccc(OC2CC(C)(C)OC2(C)C)c(B(O)O)c1. The van der Waals surface area contributed by atoms with Crippen molar-refractivity contribution in [2.24, 2.45) is 0 Å². The first-order chi connectivity index (χ1) is 9.64. The van der Waals surface area contributed by atoms with E-state index in [1.807, 2.05) is 27.7 Å². The predicted octanol–water partition coefficient (Wildman–Crippen LogP) is 1.10. The van der Waals surface area contributed by atoms with Gasteiger partial charge in [-0.15, -0.1) is 0 Å². The van der Waals surface area contributed by atoms with E-state index in [4.69, 9.17) is 14.2 Å². The molecule has 6 heteroatoms. The monoisotopic (exact) mass is 294 g/mol. The third-order valence-electron chi connectivity index (χ3n) is 3.76. The topological polar surface area (TPSA) is 68.2 Å². The molecule has 1 aliphatic heterocycles. The Balaban J connectivity index is 2.27. The smallest absolute Gasteiger partial charge is 0.492 e. The summed E-state index contributed by atoms with van der Waals surface area (Å²) in [5.41, 5.74) is -0.422. The molecule has 0 aromatic heterocycles. The predicted molar refractivity (Wildman–Crippen MR) is 81.1 cm³/mol. The number of hydrogen-bond acceptors (Lipinski definition) is 5. The van der Waals surface area contributed by atoms with Crippen LogP contribution >= 0.6 is 0 Å². The van der Waals surface area contributed by atoms with Gasteiger partial charge in [0.1, 0.15) is 23.2 Å². The van der Waals surface area contributed by atoms with Gasteiger partial charge in [-0.05, 0) is 45.9 Å². The minimum atomic E-state index is -1.62. The fourth-order valence-corrected chi connectivity index (χ4v) is 2.81. The zero-order valence-electron chi connectivity index (χ0n) is 13.2. The molecule has 0 amide bonds. The van der Waals surface area contributed by atoms with Gasteiger partial charge in [-0.3, -0.25) is 0 Å². The fourth-order valence-electron chi connectivity index (χ4n) is 2.81. The molecule has 0 bridgehead atoms. The standard InChI is InChI=1S/C15H23BO5/c1-14(2)9-13(15(3,4)21-14)20-12-7-6-10(19-5)8-11(12)16(17)18/h6-8,13,17-18H,9H2,1-5H3. The van der Waals surface area contributed by atoms with Gasteiger partial charge in [0.25, 0.3) is 0 Å². The first kappa shape index (κ1) is 16.1. The van der Waals surface area contributed by atoms with E-state index in [2.05, 4.69) is 0 Å². The second-order valence-electron chi connectivity index (χ2n) is 6.55. The molecule has 1 unspecified atom stereocenters. The molecule has 2 N–H and O–H groups in total. The van der Waals surface area contributed by atoms with Gasteiger partial charge >= 0.3 is 7.12 Å². The summed E-state index contributed by atoms with van der Waals surface area (Å²) in [5, 5.41) is 19.0. The van der Waals surface area contributed by atoms with Crippen molar-refractivity contribution in [3.8, 4) is 11.5 Å². The van der Waals surface area contributed by atoms with E-state index in [1.54, 1.807) is 18.2 Å². The molecule has 1 atom stereocenters. The quantitative estimate of drug-likeness (QED) is 0.814. The Bertz CT molecular complexity index is 513. The summed E-state index contributed by atoms with van der Waals surface area (Å²) in [5.74, 6) is 0.984. The highest BCUT2D eigenvalue weighted by Crippen LogP contribution is 2.39. The molecule has 0 spiro atoms. The fraction of sp³-hybridized carbons (Fsp3) is 0.600. The maximum absolute atomic E-state index is 9.52. The molecule has 1 fully saturated rings. The lowest BCUT2D eigenvalue weighted by Crippen LogP contribution is -2.39. The van der Waals surface area contributed by atoms with E-state index >= 15 is 0 Å². The first-order valence-electron chi connectivity index (χ1n) is 7.05. The normalized spacial score (nSPS) is 22.9. The highest BCUT2D eigenvalue weighted by molar-refractivity contribution is 6.59. The number of rotatable bonds is 4. The van der Waals surface area contributed by atoms with Crippen molar-refractivity contribution in [1.82, 2.24) is 0 Å². The van der Waals surface area contributed by atoms with E-state index in [0.29, 0.717) is 11.5 Å². The van der Waals surface area contributed by atoms with E-state index in [1.165, 1.54) is 7.11 Å². The lowest BCUT2D eigenvalue weighted by molar-refractivity contribution is -0.0845. The van der Waals surface area contributed by atoms with Crippen LogP contribution in [0.4, 0.5) is 0 Å². The third kappa shape index (κ3) is 3.51. The van der Waals surface area contributed by atoms with E-state index in [-0.39, 0.29) is 17.2 Å². The number of benzene rings is 1. The molecule has 1 aromatic carbocycles. The molecule has 2 rings (SSSR count). The highest BCUT2D eigenvalue weighted by atomic mass is 16.6. The van der Waals surface area contributed by atoms with Gasteiger partial charge in [0, 0.05) is 11.9 Å². The largest absolute Gasteiger partial charge is 0.497 e. The van der Waals surface area contributed by atoms with Gasteiger partial charge in [-0.1, -0.05) is 0 Å². The van der Waals surface area contributed by atoms with Crippen LogP contribution in [0.3, 0.4) is 0 Å². The molecule has 0 saturated carbocycles. The summed E-state index contributed by atoms with van der Waals surface area (Å²) < 4.78 is 17.1. The zero-order valence-corrected chi connectivity index (χ0v) is 13.2. The van der Waals surface area contributed by atoms with Gasteiger partial charge in [-0.25, -0.2) is 0 Å². The summed E-state index contributed by atoms with van der Waals surface area (Å²) in [4.78, 5) is 0. The van der Waals surface area contributed by atoms with Crippen molar-refractivity contribution in [3.63, 3.8) is 0 Å². The summed E-state index contributed by atoms with van der Waals surface area (Å²) >= 11 is 0. The molecular formula is C15H23BO5. The highest BCUT2D eigenvalue weighted by Gasteiger charge is 2.47. The van der Waals surface area contributed by atoms with Gasteiger partial charge in [0.2, 0.25) is 0 Å². The van der Waals surface area contributed by atoms with E-state index < -0.39 is 12.7 Å². The molecule has 5 nitrogen and oxygen atoms in total. The molecule has 0 radical (unpaired) electrons. The molecule has 1 heterocycles. The van der Waals surface area contributed by atoms with Crippen LogP contribution in [0.5, 0.6) is 11.5 Å². The van der Waals surface area contributed by atoms with Gasteiger partial charge in [-0.2, -0.15) is 0 Å². The Labute approximate surface area is 126 Å². The van der Waals surface area contributed by atoms with E-state index in [0.717, 1.165) is 6.42 Å². The van der Waals surface area contributed by atoms with E-state index in [9.17, 15) is 10.0 Å².